The van der Waals surface area contributed by atoms with Gasteiger partial charge in [-0.3, -0.25) is 14.5 Å². The summed E-state index contributed by atoms with van der Waals surface area (Å²) >= 11 is 0. The summed E-state index contributed by atoms with van der Waals surface area (Å²) in [4.78, 5) is 16.3. The largest absolute Gasteiger partial charge is 0.378 e. The number of nitriles is 1. The van der Waals surface area contributed by atoms with Crippen molar-refractivity contribution in [1.82, 2.24) is 29.5 Å². The van der Waals surface area contributed by atoms with E-state index in [1.807, 2.05) is 19.3 Å². The molecule has 158 valence electrons. The van der Waals surface area contributed by atoms with Crippen LogP contribution in [-0.4, -0.2) is 93.6 Å². The highest BCUT2D eigenvalue weighted by Gasteiger charge is 2.50. The number of anilines is 3. The summed E-state index contributed by atoms with van der Waals surface area (Å²) in [6.45, 7) is 7.26. The minimum atomic E-state index is -0.111. The lowest BCUT2D eigenvalue weighted by atomic mass is 9.83. The lowest BCUT2D eigenvalue weighted by Gasteiger charge is -2.58. The third-order valence-electron chi connectivity index (χ3n) is 6.41. The van der Waals surface area contributed by atoms with Gasteiger partial charge < -0.3 is 15.0 Å². The van der Waals surface area contributed by atoms with Crippen LogP contribution in [0.5, 0.6) is 0 Å². The van der Waals surface area contributed by atoms with Crippen LogP contribution in [0.3, 0.4) is 0 Å². The van der Waals surface area contributed by atoms with Crippen molar-refractivity contribution in [2.75, 3.05) is 62.7 Å². The number of rotatable bonds is 5. The van der Waals surface area contributed by atoms with Gasteiger partial charge in [0.15, 0.2) is 0 Å². The number of piperazine rings is 1. The number of morpholine rings is 1. The first-order valence-electron chi connectivity index (χ1n) is 10.4. The Morgan fingerprint density at radius 3 is 3.03 bits per heavy atom. The normalized spacial score (nSPS) is 24.0. The third kappa shape index (κ3) is 3.60. The van der Waals surface area contributed by atoms with Crippen molar-refractivity contribution in [1.29, 1.82) is 5.26 Å². The van der Waals surface area contributed by atoms with E-state index in [9.17, 15) is 5.26 Å². The van der Waals surface area contributed by atoms with Gasteiger partial charge in [-0.2, -0.15) is 15.3 Å². The zero-order valence-corrected chi connectivity index (χ0v) is 17.2. The number of nitrogens with zero attached hydrogens (tertiary/aromatic N) is 8. The van der Waals surface area contributed by atoms with Crippen LogP contribution in [0, 0.1) is 11.3 Å². The highest BCUT2D eigenvalue weighted by Crippen LogP contribution is 2.36. The van der Waals surface area contributed by atoms with E-state index in [1.54, 1.807) is 17.1 Å². The standard InChI is InChI=1S/C20H27N9O/c1-26-11-16(10-23-26)24-19-22-5-2-18(25-19)28-14-20(15-28,3-4-21)29-7-6-27-8-9-30-13-17(27)12-29/h2,5,10-11,17H,3,6-9,12-15H2,1H3,(H,22,24,25)/t17-/m1/s1. The molecule has 3 aliphatic rings. The number of fused-ring (bicyclic) bond motifs is 1. The van der Waals surface area contributed by atoms with Crippen LogP contribution in [0.2, 0.25) is 0 Å². The predicted octanol–water partition coefficient (Wildman–Crippen LogP) is 0.443. The monoisotopic (exact) mass is 409 g/mol. The summed E-state index contributed by atoms with van der Waals surface area (Å²) in [5, 5.41) is 16.9. The van der Waals surface area contributed by atoms with Gasteiger partial charge >= 0.3 is 0 Å². The predicted molar refractivity (Wildman–Crippen MR) is 111 cm³/mol. The Bertz CT molecular complexity index is 932. The number of nitrogens with one attached hydrogen (secondary N) is 1. The molecule has 10 nitrogen and oxygen atoms in total. The first-order valence-corrected chi connectivity index (χ1v) is 10.4. The molecule has 5 rings (SSSR count). The van der Waals surface area contributed by atoms with E-state index in [1.165, 1.54) is 0 Å². The van der Waals surface area contributed by atoms with Crippen LogP contribution in [0.25, 0.3) is 0 Å². The molecule has 10 heteroatoms. The second-order valence-corrected chi connectivity index (χ2v) is 8.39. The first kappa shape index (κ1) is 19.2. The van der Waals surface area contributed by atoms with E-state index in [2.05, 4.69) is 41.2 Å². The molecule has 0 amide bonds. The topological polar surface area (TPSA) is 98.4 Å². The van der Waals surface area contributed by atoms with Crippen molar-refractivity contribution >= 4 is 17.5 Å². The molecule has 0 aliphatic carbocycles. The average molecular weight is 409 g/mol. The van der Waals surface area contributed by atoms with Crippen molar-refractivity contribution in [3.63, 3.8) is 0 Å². The van der Waals surface area contributed by atoms with Crippen LogP contribution in [-0.2, 0) is 11.8 Å². The molecule has 0 saturated carbocycles. The van der Waals surface area contributed by atoms with E-state index in [4.69, 9.17) is 4.74 Å². The maximum absolute atomic E-state index is 9.52. The maximum Gasteiger partial charge on any atom is 0.229 e. The van der Waals surface area contributed by atoms with Crippen LogP contribution < -0.4 is 10.2 Å². The molecule has 3 fully saturated rings. The third-order valence-corrected chi connectivity index (χ3v) is 6.41. The summed E-state index contributed by atoms with van der Waals surface area (Å²) in [5.41, 5.74) is 0.741. The Hall–Kier alpha value is -2.74. The SMILES string of the molecule is Cn1cc(Nc2nccc(N3CC(CC#N)(N4CCN5CCOC[C@H]5C4)C3)n2)cn1. The van der Waals surface area contributed by atoms with E-state index in [0.29, 0.717) is 18.4 Å². The molecule has 0 bridgehead atoms. The molecule has 3 aliphatic heterocycles. The second-order valence-electron chi connectivity index (χ2n) is 8.39. The molecule has 0 aromatic carbocycles. The zero-order chi connectivity index (χ0) is 20.6. The van der Waals surface area contributed by atoms with Crippen molar-refractivity contribution in [3.8, 4) is 6.07 Å². The van der Waals surface area contributed by atoms with E-state index in [0.717, 1.165) is 64.0 Å². The van der Waals surface area contributed by atoms with Gasteiger partial charge in [0.05, 0.1) is 43.1 Å². The van der Waals surface area contributed by atoms with E-state index in [-0.39, 0.29) is 5.54 Å². The van der Waals surface area contributed by atoms with Gasteiger partial charge in [-0.25, -0.2) is 4.98 Å². The number of hydrogen-bond acceptors (Lipinski definition) is 9. The van der Waals surface area contributed by atoms with Gasteiger partial charge in [0.2, 0.25) is 5.95 Å². The van der Waals surface area contributed by atoms with Gasteiger partial charge in [0.25, 0.3) is 0 Å². The number of hydrogen-bond donors (Lipinski definition) is 1. The molecule has 2 aromatic heterocycles. The highest BCUT2D eigenvalue weighted by atomic mass is 16.5. The van der Waals surface area contributed by atoms with Crippen LogP contribution in [0.15, 0.2) is 24.7 Å². The summed E-state index contributed by atoms with van der Waals surface area (Å²) in [5.74, 6) is 1.43. The molecular weight excluding hydrogens is 382 g/mol. The molecule has 0 unspecified atom stereocenters. The van der Waals surface area contributed by atoms with E-state index < -0.39 is 0 Å². The minimum absolute atomic E-state index is 0.111. The van der Waals surface area contributed by atoms with Gasteiger partial charge in [0.1, 0.15) is 5.82 Å². The average Bonchev–Trinajstić information content (AvgIpc) is 3.14. The summed E-state index contributed by atoms with van der Waals surface area (Å²) in [6.07, 6.45) is 5.92. The number of ether oxygens (including phenoxy) is 1. The van der Waals surface area contributed by atoms with Gasteiger partial charge in [-0.1, -0.05) is 0 Å². The Morgan fingerprint density at radius 2 is 2.23 bits per heavy atom. The lowest BCUT2D eigenvalue weighted by Crippen LogP contribution is -2.74. The Labute approximate surface area is 176 Å². The Kier molecular flexibility index (Phi) is 5.02. The first-order chi connectivity index (χ1) is 14.6. The molecule has 30 heavy (non-hydrogen) atoms. The molecule has 1 atom stereocenters. The fourth-order valence-corrected chi connectivity index (χ4v) is 4.77. The minimum Gasteiger partial charge on any atom is -0.378 e. The molecule has 2 aromatic rings. The Morgan fingerprint density at radius 1 is 1.33 bits per heavy atom. The molecule has 0 spiro atoms. The van der Waals surface area contributed by atoms with Crippen molar-refractivity contribution in [2.24, 2.45) is 7.05 Å². The highest BCUT2D eigenvalue weighted by molar-refractivity contribution is 5.54. The second kappa shape index (κ2) is 7.83. The molecule has 1 N–H and O–H groups in total. The van der Waals surface area contributed by atoms with Gasteiger partial charge in [0, 0.05) is 64.8 Å². The van der Waals surface area contributed by atoms with Crippen LogP contribution >= 0.6 is 0 Å². The van der Waals surface area contributed by atoms with Gasteiger partial charge in [-0.15, -0.1) is 0 Å². The molecule has 0 radical (unpaired) electrons. The Balaban J connectivity index is 1.27. The molecule has 5 heterocycles. The number of aromatic nitrogens is 4. The zero-order valence-electron chi connectivity index (χ0n) is 17.2. The van der Waals surface area contributed by atoms with Crippen molar-refractivity contribution < 1.29 is 4.74 Å². The number of aryl methyl sites for hydroxylation is 1. The van der Waals surface area contributed by atoms with Crippen molar-refractivity contribution in [2.45, 2.75) is 18.0 Å². The summed E-state index contributed by atoms with van der Waals surface area (Å²) < 4.78 is 7.42. The summed E-state index contributed by atoms with van der Waals surface area (Å²) in [7, 11) is 1.87. The lowest BCUT2D eigenvalue weighted by molar-refractivity contribution is -0.0753. The van der Waals surface area contributed by atoms with Crippen molar-refractivity contribution in [3.05, 3.63) is 24.7 Å². The van der Waals surface area contributed by atoms with Crippen LogP contribution in [0.1, 0.15) is 6.42 Å². The summed E-state index contributed by atoms with van der Waals surface area (Å²) in [6, 6.07) is 4.80. The van der Waals surface area contributed by atoms with Gasteiger partial charge in [-0.05, 0) is 6.07 Å². The fraction of sp³-hybridized carbons (Fsp3) is 0.600. The molecular formula is C20H27N9O. The van der Waals surface area contributed by atoms with Crippen LogP contribution in [0.4, 0.5) is 17.5 Å². The maximum atomic E-state index is 9.52. The van der Waals surface area contributed by atoms with E-state index >= 15 is 0 Å². The molecule has 3 saturated heterocycles. The quantitative estimate of drug-likeness (QED) is 0.754. The smallest absolute Gasteiger partial charge is 0.229 e. The fourth-order valence-electron chi connectivity index (χ4n) is 4.77.